The third-order valence-corrected chi connectivity index (χ3v) is 4.28. The highest BCUT2D eigenvalue weighted by atomic mass is 79.9. The molecule has 0 radical (unpaired) electrons. The minimum absolute atomic E-state index is 0.117. The lowest BCUT2D eigenvalue weighted by Gasteiger charge is -2.17. The van der Waals surface area contributed by atoms with Gasteiger partial charge in [0.25, 0.3) is 0 Å². The van der Waals surface area contributed by atoms with Gasteiger partial charge in [0, 0.05) is 28.8 Å². The summed E-state index contributed by atoms with van der Waals surface area (Å²) in [5.74, 6) is 0.498. The van der Waals surface area contributed by atoms with E-state index >= 15 is 0 Å². The van der Waals surface area contributed by atoms with Gasteiger partial charge in [0.05, 0.1) is 11.5 Å². The van der Waals surface area contributed by atoms with E-state index in [0.717, 1.165) is 9.35 Å². The standard InChI is InChI=1S/C11H12BrN5O2S/c1-13-10-9(17(18)19)11(15-6-14-10)16(2)4-8-3-7(12)5-20-8/h3,5-6H,4H2,1-2H3,(H,13,14,15). The van der Waals surface area contributed by atoms with Crippen molar-refractivity contribution in [2.24, 2.45) is 0 Å². The van der Waals surface area contributed by atoms with Crippen LogP contribution < -0.4 is 10.2 Å². The van der Waals surface area contributed by atoms with Crippen LogP contribution in [-0.4, -0.2) is 29.0 Å². The Bertz CT molecular complexity index is 633. The van der Waals surface area contributed by atoms with Gasteiger partial charge in [-0.3, -0.25) is 10.1 Å². The molecular formula is C11H12BrN5O2S. The first-order valence-corrected chi connectivity index (χ1v) is 7.31. The molecule has 1 N–H and O–H groups in total. The van der Waals surface area contributed by atoms with Crippen LogP contribution >= 0.6 is 27.3 Å². The Kier molecular flexibility index (Phi) is 4.50. The third-order valence-electron chi connectivity index (χ3n) is 2.60. The predicted molar refractivity (Wildman–Crippen MR) is 82.4 cm³/mol. The summed E-state index contributed by atoms with van der Waals surface area (Å²) in [6.45, 7) is 0.539. The number of nitrogens with zero attached hydrogens (tertiary/aromatic N) is 4. The van der Waals surface area contributed by atoms with Crippen LogP contribution in [0.2, 0.25) is 0 Å². The molecule has 0 aliphatic rings. The molecule has 9 heteroatoms. The molecule has 20 heavy (non-hydrogen) atoms. The van der Waals surface area contributed by atoms with Crippen molar-refractivity contribution in [3.8, 4) is 0 Å². The van der Waals surface area contributed by atoms with E-state index in [9.17, 15) is 10.1 Å². The highest BCUT2D eigenvalue weighted by Crippen LogP contribution is 2.32. The number of thiophene rings is 1. The largest absolute Gasteiger partial charge is 0.367 e. The molecular weight excluding hydrogens is 346 g/mol. The summed E-state index contributed by atoms with van der Waals surface area (Å²) in [7, 11) is 3.36. The summed E-state index contributed by atoms with van der Waals surface area (Å²) in [6.07, 6.45) is 1.31. The van der Waals surface area contributed by atoms with Gasteiger partial charge in [0.2, 0.25) is 11.6 Å². The van der Waals surface area contributed by atoms with Crippen LogP contribution in [0.25, 0.3) is 0 Å². The van der Waals surface area contributed by atoms with Gasteiger partial charge >= 0.3 is 5.69 Å². The number of hydrogen-bond donors (Lipinski definition) is 1. The van der Waals surface area contributed by atoms with Gasteiger partial charge in [0.15, 0.2) is 0 Å². The fourth-order valence-electron chi connectivity index (χ4n) is 1.75. The van der Waals surface area contributed by atoms with Crippen molar-refractivity contribution in [1.82, 2.24) is 9.97 Å². The summed E-state index contributed by atoms with van der Waals surface area (Å²) >= 11 is 4.97. The number of anilines is 2. The summed E-state index contributed by atoms with van der Waals surface area (Å²) in [4.78, 5) is 21.5. The molecule has 0 aliphatic heterocycles. The molecule has 0 bridgehead atoms. The van der Waals surface area contributed by atoms with Gasteiger partial charge in [-0.2, -0.15) is 0 Å². The number of halogens is 1. The molecule has 0 aliphatic carbocycles. The molecule has 0 amide bonds. The summed E-state index contributed by atoms with van der Waals surface area (Å²) in [5, 5.41) is 15.9. The van der Waals surface area contributed by atoms with Crippen molar-refractivity contribution in [3.63, 3.8) is 0 Å². The van der Waals surface area contributed by atoms with Gasteiger partial charge in [0.1, 0.15) is 6.33 Å². The van der Waals surface area contributed by atoms with Crippen LogP contribution in [0.3, 0.4) is 0 Å². The zero-order valence-corrected chi connectivity index (χ0v) is 13.2. The number of nitro groups is 1. The van der Waals surface area contributed by atoms with E-state index in [1.165, 1.54) is 6.33 Å². The highest BCUT2D eigenvalue weighted by molar-refractivity contribution is 9.10. The highest BCUT2D eigenvalue weighted by Gasteiger charge is 2.25. The minimum Gasteiger partial charge on any atom is -0.367 e. The van der Waals surface area contributed by atoms with Crippen molar-refractivity contribution in [2.45, 2.75) is 6.54 Å². The van der Waals surface area contributed by atoms with E-state index in [1.54, 1.807) is 30.3 Å². The van der Waals surface area contributed by atoms with E-state index in [-0.39, 0.29) is 11.5 Å². The first-order valence-electron chi connectivity index (χ1n) is 5.64. The maximum absolute atomic E-state index is 11.2. The average Bonchev–Trinajstić information content (AvgIpc) is 2.82. The van der Waals surface area contributed by atoms with Crippen molar-refractivity contribution in [1.29, 1.82) is 0 Å². The van der Waals surface area contributed by atoms with Gasteiger partial charge in [-0.25, -0.2) is 9.97 Å². The van der Waals surface area contributed by atoms with E-state index in [4.69, 9.17) is 0 Å². The zero-order valence-electron chi connectivity index (χ0n) is 10.8. The lowest BCUT2D eigenvalue weighted by Crippen LogP contribution is -2.19. The van der Waals surface area contributed by atoms with Crippen LogP contribution in [0, 0.1) is 10.1 Å². The smallest absolute Gasteiger partial charge is 0.353 e. The van der Waals surface area contributed by atoms with Crippen LogP contribution in [0.5, 0.6) is 0 Å². The molecule has 0 spiro atoms. The third kappa shape index (κ3) is 3.05. The first-order chi connectivity index (χ1) is 9.52. The predicted octanol–water partition coefficient (Wildman–Crippen LogP) is 2.89. The van der Waals surface area contributed by atoms with Crippen LogP contribution in [0.15, 0.2) is 22.2 Å². The quantitative estimate of drug-likeness (QED) is 0.654. The fraction of sp³-hybridized carbons (Fsp3) is 0.273. The van der Waals surface area contributed by atoms with Crippen LogP contribution in [-0.2, 0) is 6.54 Å². The molecule has 2 heterocycles. The molecule has 7 nitrogen and oxygen atoms in total. The number of rotatable bonds is 5. The molecule has 2 rings (SSSR count). The summed E-state index contributed by atoms with van der Waals surface area (Å²) in [6, 6.07) is 1.98. The summed E-state index contributed by atoms with van der Waals surface area (Å²) in [5.41, 5.74) is -0.117. The van der Waals surface area contributed by atoms with Crippen LogP contribution in [0.4, 0.5) is 17.3 Å². The van der Waals surface area contributed by atoms with E-state index in [2.05, 4.69) is 31.2 Å². The number of nitrogens with one attached hydrogen (secondary N) is 1. The Morgan fingerprint density at radius 3 is 2.85 bits per heavy atom. The molecule has 0 fully saturated rings. The molecule has 0 atom stereocenters. The van der Waals surface area contributed by atoms with Crippen LogP contribution in [0.1, 0.15) is 4.88 Å². The van der Waals surface area contributed by atoms with Crippen molar-refractivity contribution in [2.75, 3.05) is 24.3 Å². The Labute approximate surface area is 127 Å². The second kappa shape index (κ2) is 6.14. The summed E-state index contributed by atoms with van der Waals surface area (Å²) < 4.78 is 0.999. The molecule has 2 aromatic rings. The van der Waals surface area contributed by atoms with Gasteiger partial charge in [-0.05, 0) is 22.0 Å². The van der Waals surface area contributed by atoms with Crippen molar-refractivity contribution >= 4 is 44.6 Å². The lowest BCUT2D eigenvalue weighted by atomic mass is 10.3. The lowest BCUT2D eigenvalue weighted by molar-refractivity contribution is -0.383. The SMILES string of the molecule is CNc1ncnc(N(C)Cc2cc(Br)cs2)c1[N+](=O)[O-]. The molecule has 0 unspecified atom stereocenters. The maximum Gasteiger partial charge on any atom is 0.353 e. The van der Waals surface area contributed by atoms with E-state index in [0.29, 0.717) is 12.4 Å². The Morgan fingerprint density at radius 2 is 2.30 bits per heavy atom. The second-order valence-electron chi connectivity index (χ2n) is 3.99. The first kappa shape index (κ1) is 14.7. The average molecular weight is 358 g/mol. The van der Waals surface area contributed by atoms with Gasteiger partial charge < -0.3 is 10.2 Å². The number of hydrogen-bond acceptors (Lipinski definition) is 7. The molecule has 0 saturated carbocycles. The van der Waals surface area contributed by atoms with Crippen molar-refractivity contribution in [3.05, 3.63) is 37.2 Å². The molecule has 2 aromatic heterocycles. The molecule has 0 saturated heterocycles. The van der Waals surface area contributed by atoms with Gasteiger partial charge in [-0.1, -0.05) is 0 Å². The van der Waals surface area contributed by atoms with Crippen molar-refractivity contribution < 1.29 is 4.92 Å². The number of aromatic nitrogens is 2. The van der Waals surface area contributed by atoms with Gasteiger partial charge in [-0.15, -0.1) is 11.3 Å². The topological polar surface area (TPSA) is 84.2 Å². The molecule has 106 valence electrons. The maximum atomic E-state index is 11.2. The fourth-order valence-corrected chi connectivity index (χ4v) is 3.25. The Morgan fingerprint density at radius 1 is 1.55 bits per heavy atom. The Hall–Kier alpha value is -1.74. The monoisotopic (exact) mass is 357 g/mol. The Balaban J connectivity index is 2.34. The van der Waals surface area contributed by atoms with E-state index in [1.807, 2.05) is 11.4 Å². The van der Waals surface area contributed by atoms with E-state index < -0.39 is 4.92 Å². The normalized spacial score (nSPS) is 10.3. The minimum atomic E-state index is -0.470. The molecule has 0 aromatic carbocycles. The zero-order chi connectivity index (χ0) is 14.7. The second-order valence-corrected chi connectivity index (χ2v) is 5.90.